The van der Waals surface area contributed by atoms with E-state index in [1.54, 1.807) is 5.06 Å². The first kappa shape index (κ1) is 17.0. The molecule has 2 heterocycles. The van der Waals surface area contributed by atoms with Crippen molar-refractivity contribution in [2.45, 2.75) is 83.3 Å². The minimum Gasteiger partial charge on any atom is -0.353 e. The minimum absolute atomic E-state index is 0.0610. The predicted octanol–water partition coefficient (Wildman–Crippen LogP) is 3.51. The Bertz CT molecular complexity index is 458. The zero-order valence-corrected chi connectivity index (χ0v) is 14.8. The van der Waals surface area contributed by atoms with Crippen molar-refractivity contribution in [2.75, 3.05) is 0 Å². The lowest BCUT2D eigenvalue weighted by Gasteiger charge is -2.62. The summed E-state index contributed by atoms with van der Waals surface area (Å²) >= 11 is 0. The van der Waals surface area contributed by atoms with Gasteiger partial charge in [0.05, 0.1) is 0 Å². The van der Waals surface area contributed by atoms with Crippen LogP contribution in [0.5, 0.6) is 0 Å². The molecule has 2 aliphatic carbocycles. The van der Waals surface area contributed by atoms with Crippen LogP contribution in [0.4, 0.5) is 0 Å². The van der Waals surface area contributed by atoms with Crippen molar-refractivity contribution in [1.82, 2.24) is 10.4 Å². The lowest BCUT2D eigenvalue weighted by Crippen LogP contribution is -2.69. The van der Waals surface area contributed by atoms with Crippen LogP contribution in [0.15, 0.2) is 12.2 Å². The molecule has 3 unspecified atom stereocenters. The minimum atomic E-state index is -0.0610. The predicted molar refractivity (Wildman–Crippen MR) is 91.0 cm³/mol. The fraction of sp³-hybridized carbons (Fsp3) is 0.842. The number of carbonyl (C=O) groups is 1. The van der Waals surface area contributed by atoms with Gasteiger partial charge < -0.3 is 10.5 Å². The van der Waals surface area contributed by atoms with E-state index in [1.807, 2.05) is 6.08 Å². The zero-order valence-electron chi connectivity index (χ0n) is 14.8. The number of amides is 1. The van der Waals surface area contributed by atoms with Crippen molar-refractivity contribution in [2.24, 2.45) is 17.8 Å². The van der Waals surface area contributed by atoms with Crippen LogP contribution < -0.4 is 5.32 Å². The van der Waals surface area contributed by atoms with E-state index >= 15 is 0 Å². The quantitative estimate of drug-likeness (QED) is 0.736. The molecule has 0 aromatic heterocycles. The van der Waals surface area contributed by atoms with Crippen LogP contribution >= 0.6 is 0 Å². The highest BCUT2D eigenvalue weighted by Crippen LogP contribution is 2.53. The standard InChI is InChI=1S/C19H32N2O2/c1-13(2)7-5-4-6-8-17(22)20-18-14-9-16-10-15(18)12-19(3,11-14)21(16)23/h4,6,13-16,18,23H,5,7-12H2,1-3H3,(H,20,22)/b6-4+/t14-,15+,16?,18?,19?. The Labute approximate surface area is 140 Å². The van der Waals surface area contributed by atoms with Crippen molar-refractivity contribution in [3.8, 4) is 0 Å². The van der Waals surface area contributed by atoms with Crippen molar-refractivity contribution in [3.05, 3.63) is 12.2 Å². The number of hydroxylamine groups is 2. The van der Waals surface area contributed by atoms with E-state index in [0.717, 1.165) is 32.1 Å². The van der Waals surface area contributed by atoms with E-state index in [2.05, 4.69) is 32.2 Å². The van der Waals surface area contributed by atoms with E-state index in [-0.39, 0.29) is 11.4 Å². The molecule has 0 radical (unpaired) electrons. The number of piperidine rings is 2. The molecule has 2 saturated carbocycles. The molecule has 4 rings (SSSR count). The molecule has 5 atom stereocenters. The molecule has 130 valence electrons. The Kier molecular flexibility index (Phi) is 4.84. The van der Waals surface area contributed by atoms with E-state index in [9.17, 15) is 10.0 Å². The summed E-state index contributed by atoms with van der Waals surface area (Å²) < 4.78 is 0. The molecule has 2 saturated heterocycles. The Morgan fingerprint density at radius 1 is 1.30 bits per heavy atom. The molecule has 4 aliphatic rings. The second-order valence-electron chi connectivity index (χ2n) is 8.64. The molecule has 4 nitrogen and oxygen atoms in total. The van der Waals surface area contributed by atoms with Crippen LogP contribution in [0.25, 0.3) is 0 Å². The number of allylic oxidation sites excluding steroid dienone is 1. The fourth-order valence-corrected chi connectivity index (χ4v) is 5.15. The molecule has 0 spiro atoms. The number of rotatable bonds is 6. The SMILES string of the molecule is CC(C)CC/C=C/CC(=O)NC1[C@@H]2CC3C[C@H]1CC(C)(C2)N3O. The largest absolute Gasteiger partial charge is 0.353 e. The van der Waals surface area contributed by atoms with Gasteiger partial charge in [-0.3, -0.25) is 4.79 Å². The summed E-state index contributed by atoms with van der Waals surface area (Å²) in [6, 6.07) is 0.631. The normalized spacial score (nSPS) is 39.5. The van der Waals surface area contributed by atoms with E-state index < -0.39 is 0 Å². The van der Waals surface area contributed by atoms with E-state index in [1.165, 1.54) is 6.42 Å². The molecule has 0 aromatic carbocycles. The van der Waals surface area contributed by atoms with Crippen LogP contribution in [0, 0.1) is 17.8 Å². The molecule has 0 aromatic rings. The number of nitrogens with zero attached hydrogens (tertiary/aromatic N) is 1. The second kappa shape index (κ2) is 6.56. The number of carbonyl (C=O) groups excluding carboxylic acids is 1. The van der Waals surface area contributed by atoms with Crippen LogP contribution in [0.1, 0.15) is 65.7 Å². The summed E-state index contributed by atoms with van der Waals surface area (Å²) in [5.74, 6) is 1.95. The summed E-state index contributed by atoms with van der Waals surface area (Å²) in [5.41, 5.74) is -0.0610. The molecule has 1 amide bonds. The fourth-order valence-electron chi connectivity index (χ4n) is 5.15. The van der Waals surface area contributed by atoms with E-state index in [0.29, 0.717) is 36.3 Å². The zero-order chi connectivity index (χ0) is 16.6. The Hall–Kier alpha value is -0.870. The maximum atomic E-state index is 12.3. The Balaban J connectivity index is 1.49. The molecular formula is C19H32N2O2. The van der Waals surface area contributed by atoms with Gasteiger partial charge in [0.15, 0.2) is 0 Å². The van der Waals surface area contributed by atoms with Crippen molar-refractivity contribution in [3.63, 3.8) is 0 Å². The van der Waals surface area contributed by atoms with Gasteiger partial charge in [-0.25, -0.2) is 0 Å². The van der Waals surface area contributed by atoms with Crippen LogP contribution in [-0.4, -0.2) is 33.8 Å². The van der Waals surface area contributed by atoms with Gasteiger partial charge in [0.2, 0.25) is 5.91 Å². The van der Waals surface area contributed by atoms with Gasteiger partial charge in [-0.1, -0.05) is 26.0 Å². The third kappa shape index (κ3) is 3.48. The van der Waals surface area contributed by atoms with Crippen molar-refractivity contribution < 1.29 is 10.0 Å². The van der Waals surface area contributed by atoms with Gasteiger partial charge in [-0.05, 0) is 63.2 Å². The maximum Gasteiger partial charge on any atom is 0.224 e. The molecule has 4 fully saturated rings. The average molecular weight is 320 g/mol. The third-order valence-electron chi connectivity index (χ3n) is 6.18. The van der Waals surface area contributed by atoms with Gasteiger partial charge in [0, 0.05) is 24.0 Å². The monoisotopic (exact) mass is 320 g/mol. The maximum absolute atomic E-state index is 12.3. The summed E-state index contributed by atoms with van der Waals surface area (Å²) in [5, 5.41) is 15.2. The molecule has 4 bridgehead atoms. The first-order chi connectivity index (χ1) is 10.9. The van der Waals surface area contributed by atoms with Gasteiger partial charge >= 0.3 is 0 Å². The molecule has 2 N–H and O–H groups in total. The molecule has 23 heavy (non-hydrogen) atoms. The van der Waals surface area contributed by atoms with Gasteiger partial charge in [0.1, 0.15) is 0 Å². The lowest BCUT2D eigenvalue weighted by atomic mass is 9.57. The average Bonchev–Trinajstić information content (AvgIpc) is 2.45. The first-order valence-corrected chi connectivity index (χ1v) is 9.31. The van der Waals surface area contributed by atoms with Crippen LogP contribution in [-0.2, 0) is 4.79 Å². The molecule has 2 aliphatic heterocycles. The van der Waals surface area contributed by atoms with Gasteiger partial charge in [0.25, 0.3) is 0 Å². The van der Waals surface area contributed by atoms with Crippen LogP contribution in [0.3, 0.4) is 0 Å². The second-order valence-corrected chi connectivity index (χ2v) is 8.64. The Morgan fingerprint density at radius 2 is 1.96 bits per heavy atom. The number of hydrogen-bond acceptors (Lipinski definition) is 3. The van der Waals surface area contributed by atoms with E-state index in [4.69, 9.17) is 0 Å². The smallest absolute Gasteiger partial charge is 0.224 e. The molecule has 4 heteroatoms. The highest BCUT2D eigenvalue weighted by molar-refractivity contribution is 5.77. The first-order valence-electron chi connectivity index (χ1n) is 9.31. The summed E-state index contributed by atoms with van der Waals surface area (Å²) in [7, 11) is 0. The van der Waals surface area contributed by atoms with Crippen molar-refractivity contribution >= 4 is 5.91 Å². The number of hydrogen-bond donors (Lipinski definition) is 2. The number of nitrogens with one attached hydrogen (secondary N) is 1. The molecular weight excluding hydrogens is 288 g/mol. The summed E-state index contributed by atoms with van der Waals surface area (Å²) in [4.78, 5) is 12.3. The topological polar surface area (TPSA) is 52.6 Å². The lowest BCUT2D eigenvalue weighted by molar-refractivity contribution is -0.274. The summed E-state index contributed by atoms with van der Waals surface area (Å²) in [6.07, 6.45) is 11.0. The van der Waals surface area contributed by atoms with Gasteiger partial charge in [-0.15, -0.1) is 0 Å². The van der Waals surface area contributed by atoms with Crippen molar-refractivity contribution in [1.29, 1.82) is 0 Å². The highest BCUT2D eigenvalue weighted by Gasteiger charge is 2.57. The van der Waals surface area contributed by atoms with Crippen LogP contribution in [0.2, 0.25) is 0 Å². The van der Waals surface area contributed by atoms with Gasteiger partial charge in [-0.2, -0.15) is 5.06 Å². The Morgan fingerprint density at radius 3 is 2.52 bits per heavy atom. The highest BCUT2D eigenvalue weighted by atomic mass is 16.5. The summed E-state index contributed by atoms with van der Waals surface area (Å²) in [6.45, 7) is 6.62. The third-order valence-corrected chi connectivity index (χ3v) is 6.18.